The Morgan fingerprint density at radius 2 is 2.07 bits per heavy atom. The van der Waals surface area contributed by atoms with Gasteiger partial charge in [0, 0.05) is 0 Å². The summed E-state index contributed by atoms with van der Waals surface area (Å²) in [7, 11) is 0. The number of halogens is 2. The molecule has 0 atom stereocenters. The van der Waals surface area contributed by atoms with Gasteiger partial charge in [0.1, 0.15) is 5.75 Å². The van der Waals surface area contributed by atoms with Crippen molar-refractivity contribution >= 4 is 0 Å². The summed E-state index contributed by atoms with van der Waals surface area (Å²) in [6.45, 7) is -0.605. The van der Waals surface area contributed by atoms with Crippen LogP contribution in [0.4, 0.5) is 8.78 Å². The lowest BCUT2D eigenvalue weighted by molar-refractivity contribution is -0.0498. The molecule has 0 aliphatic heterocycles. The fraction of sp³-hybridized carbons (Fsp3) is 0.500. The molecular formula is C12H16F2O. The molecule has 0 fully saturated rings. The summed E-state index contributed by atoms with van der Waals surface area (Å²) < 4.78 is 28.2. The minimum atomic E-state index is -2.74. The quantitative estimate of drug-likeness (QED) is 0.650. The van der Waals surface area contributed by atoms with Gasteiger partial charge in [-0.2, -0.15) is 8.78 Å². The second kappa shape index (κ2) is 6.38. The minimum Gasteiger partial charge on any atom is -0.435 e. The van der Waals surface area contributed by atoms with Crippen LogP contribution in [0.2, 0.25) is 0 Å². The second-order valence-electron chi connectivity index (χ2n) is 3.48. The summed E-state index contributed by atoms with van der Waals surface area (Å²) in [6, 6.07) is 6.92. The highest BCUT2D eigenvalue weighted by molar-refractivity contribution is 5.28. The maximum absolute atomic E-state index is 11.9. The Morgan fingerprint density at radius 1 is 1.27 bits per heavy atom. The highest BCUT2D eigenvalue weighted by Crippen LogP contribution is 2.17. The van der Waals surface area contributed by atoms with Crippen LogP contribution in [-0.4, -0.2) is 6.61 Å². The van der Waals surface area contributed by atoms with Crippen LogP contribution in [-0.2, 0) is 6.42 Å². The minimum absolute atomic E-state index is 0.249. The van der Waals surface area contributed by atoms with E-state index in [9.17, 15) is 8.78 Å². The van der Waals surface area contributed by atoms with Crippen molar-refractivity contribution in [2.24, 2.45) is 0 Å². The Labute approximate surface area is 89.1 Å². The highest BCUT2D eigenvalue weighted by Gasteiger charge is 2.04. The molecule has 15 heavy (non-hydrogen) atoms. The highest BCUT2D eigenvalue weighted by atomic mass is 19.3. The van der Waals surface area contributed by atoms with Gasteiger partial charge in [-0.3, -0.25) is 0 Å². The average molecular weight is 214 g/mol. The number of rotatable bonds is 6. The van der Waals surface area contributed by atoms with E-state index in [0.29, 0.717) is 0 Å². The van der Waals surface area contributed by atoms with Crippen LogP contribution < -0.4 is 4.74 Å². The van der Waals surface area contributed by atoms with E-state index in [1.165, 1.54) is 6.42 Å². The molecule has 0 N–H and O–H groups in total. The van der Waals surface area contributed by atoms with Gasteiger partial charge < -0.3 is 4.74 Å². The summed E-state index contributed by atoms with van der Waals surface area (Å²) in [5, 5.41) is 0. The van der Waals surface area contributed by atoms with E-state index in [1.54, 1.807) is 18.2 Å². The van der Waals surface area contributed by atoms with Gasteiger partial charge in [0.2, 0.25) is 0 Å². The molecule has 1 aromatic rings. The molecule has 1 rings (SSSR count). The monoisotopic (exact) mass is 214 g/mol. The van der Waals surface area contributed by atoms with Crippen LogP contribution in [0.1, 0.15) is 31.7 Å². The molecule has 0 amide bonds. The van der Waals surface area contributed by atoms with Gasteiger partial charge in [0.15, 0.2) is 0 Å². The zero-order valence-corrected chi connectivity index (χ0v) is 8.88. The molecule has 1 aromatic carbocycles. The molecule has 0 aliphatic rings. The van der Waals surface area contributed by atoms with Crippen molar-refractivity contribution < 1.29 is 13.5 Å². The molecule has 1 nitrogen and oxygen atoms in total. The number of unbranched alkanes of at least 4 members (excludes halogenated alkanes) is 2. The number of ether oxygens (including phenoxy) is 1. The molecule has 0 saturated carbocycles. The number of benzene rings is 1. The third kappa shape index (κ3) is 4.77. The number of alkyl halides is 2. The standard InChI is InChI=1S/C12H16F2O/c1-2-3-4-6-10-7-5-8-11(9-10)15-12(13)14/h5,7-9,12H,2-4,6H2,1H3. The molecule has 0 saturated heterocycles. The first-order valence-corrected chi connectivity index (χ1v) is 5.26. The molecule has 0 bridgehead atoms. The average Bonchev–Trinajstić information content (AvgIpc) is 2.18. The first-order chi connectivity index (χ1) is 7.22. The topological polar surface area (TPSA) is 9.23 Å². The van der Waals surface area contributed by atoms with Crippen molar-refractivity contribution in [3.05, 3.63) is 29.8 Å². The van der Waals surface area contributed by atoms with Gasteiger partial charge in [-0.15, -0.1) is 0 Å². The van der Waals surface area contributed by atoms with Crippen LogP contribution in [0.15, 0.2) is 24.3 Å². The Bertz CT molecular complexity index is 287. The van der Waals surface area contributed by atoms with Crippen molar-refractivity contribution in [2.75, 3.05) is 0 Å². The summed E-state index contributed by atoms with van der Waals surface area (Å²) in [4.78, 5) is 0. The SMILES string of the molecule is CCCCCc1cccc(OC(F)F)c1. The molecule has 0 heterocycles. The molecule has 0 aromatic heterocycles. The molecule has 84 valence electrons. The first kappa shape index (κ1) is 12.0. The smallest absolute Gasteiger partial charge is 0.387 e. The van der Waals surface area contributed by atoms with Crippen molar-refractivity contribution in [1.29, 1.82) is 0 Å². The molecular weight excluding hydrogens is 198 g/mol. The largest absolute Gasteiger partial charge is 0.435 e. The summed E-state index contributed by atoms with van der Waals surface area (Å²) in [6.07, 6.45) is 4.34. The fourth-order valence-corrected chi connectivity index (χ4v) is 1.46. The Balaban J connectivity index is 2.50. The normalized spacial score (nSPS) is 10.7. The number of aryl methyl sites for hydroxylation is 1. The van der Waals surface area contributed by atoms with E-state index < -0.39 is 6.61 Å². The van der Waals surface area contributed by atoms with Crippen molar-refractivity contribution in [3.63, 3.8) is 0 Å². The Kier molecular flexibility index (Phi) is 5.08. The number of hydrogen-bond acceptors (Lipinski definition) is 1. The lowest BCUT2D eigenvalue weighted by atomic mass is 10.1. The predicted molar refractivity (Wildman–Crippen MR) is 56.3 cm³/mol. The maximum atomic E-state index is 11.9. The Hall–Kier alpha value is -1.12. The van der Waals surface area contributed by atoms with E-state index >= 15 is 0 Å². The molecule has 0 unspecified atom stereocenters. The van der Waals surface area contributed by atoms with Crippen molar-refractivity contribution in [1.82, 2.24) is 0 Å². The predicted octanol–water partition coefficient (Wildman–Crippen LogP) is 4.02. The first-order valence-electron chi connectivity index (χ1n) is 5.26. The number of hydrogen-bond donors (Lipinski definition) is 0. The van der Waals surface area contributed by atoms with Gasteiger partial charge >= 0.3 is 6.61 Å². The van der Waals surface area contributed by atoms with Gasteiger partial charge in [-0.1, -0.05) is 31.9 Å². The summed E-state index contributed by atoms with van der Waals surface area (Å²) >= 11 is 0. The third-order valence-corrected chi connectivity index (χ3v) is 2.19. The van der Waals surface area contributed by atoms with Crippen LogP contribution in [0.5, 0.6) is 5.75 Å². The van der Waals surface area contributed by atoms with E-state index in [1.807, 2.05) is 6.07 Å². The van der Waals surface area contributed by atoms with Gasteiger partial charge in [-0.25, -0.2) is 0 Å². The molecule has 0 radical (unpaired) electrons. The van der Waals surface area contributed by atoms with Gasteiger partial charge in [-0.05, 0) is 30.5 Å². The second-order valence-corrected chi connectivity index (χ2v) is 3.48. The van der Waals surface area contributed by atoms with Crippen molar-refractivity contribution in [2.45, 2.75) is 39.2 Å². The van der Waals surface area contributed by atoms with Crippen LogP contribution in [0.3, 0.4) is 0 Å². The molecule has 0 spiro atoms. The lowest BCUT2D eigenvalue weighted by Gasteiger charge is -2.06. The van der Waals surface area contributed by atoms with Crippen LogP contribution in [0.25, 0.3) is 0 Å². The third-order valence-electron chi connectivity index (χ3n) is 2.19. The van der Waals surface area contributed by atoms with E-state index in [2.05, 4.69) is 11.7 Å². The molecule has 0 aliphatic carbocycles. The summed E-state index contributed by atoms with van der Waals surface area (Å²) in [5.74, 6) is 0.249. The van der Waals surface area contributed by atoms with Crippen LogP contribution >= 0.6 is 0 Å². The maximum Gasteiger partial charge on any atom is 0.387 e. The van der Waals surface area contributed by atoms with Gasteiger partial charge in [0.05, 0.1) is 0 Å². The molecule has 3 heteroatoms. The Morgan fingerprint density at radius 3 is 2.73 bits per heavy atom. The van der Waals surface area contributed by atoms with E-state index in [-0.39, 0.29) is 5.75 Å². The van der Waals surface area contributed by atoms with E-state index in [4.69, 9.17) is 0 Å². The zero-order chi connectivity index (χ0) is 11.1. The van der Waals surface area contributed by atoms with Crippen molar-refractivity contribution in [3.8, 4) is 5.75 Å². The van der Waals surface area contributed by atoms with Gasteiger partial charge in [0.25, 0.3) is 0 Å². The van der Waals surface area contributed by atoms with Crippen LogP contribution in [0, 0.1) is 0 Å². The fourth-order valence-electron chi connectivity index (χ4n) is 1.46. The zero-order valence-electron chi connectivity index (χ0n) is 8.88. The lowest BCUT2D eigenvalue weighted by Crippen LogP contribution is -2.02. The van der Waals surface area contributed by atoms with E-state index in [0.717, 1.165) is 24.8 Å². The summed E-state index contributed by atoms with van der Waals surface area (Å²) in [5.41, 5.74) is 1.06.